The molecule has 0 saturated carbocycles. The number of methoxy groups -OCH3 is 1. The van der Waals surface area contributed by atoms with Crippen LogP contribution in [0.15, 0.2) is 41.3 Å². The second kappa shape index (κ2) is 8.93. The SMILES string of the molecule is CCN(CC(=O)Nc1cc(Cl)cc(Cl)c1)S(=O)(=O)c1ccc(OC)c(C)c1. The maximum Gasteiger partial charge on any atom is 0.243 e. The lowest BCUT2D eigenvalue weighted by Gasteiger charge is -2.20. The number of carbonyl (C=O) groups is 1. The molecule has 9 heteroatoms. The third-order valence-corrected chi connectivity index (χ3v) is 6.18. The van der Waals surface area contributed by atoms with Gasteiger partial charge in [0.1, 0.15) is 5.75 Å². The number of carbonyl (C=O) groups excluding carboxylic acids is 1. The molecular formula is C18H20Cl2N2O4S. The van der Waals surface area contributed by atoms with Gasteiger partial charge in [0.2, 0.25) is 15.9 Å². The summed E-state index contributed by atoms with van der Waals surface area (Å²) in [6, 6.07) is 9.16. The first-order valence-electron chi connectivity index (χ1n) is 8.08. The number of likely N-dealkylation sites (N-methyl/N-ethyl adjacent to an activating group) is 1. The number of nitrogens with zero attached hydrogens (tertiary/aromatic N) is 1. The number of anilines is 1. The normalized spacial score (nSPS) is 11.5. The van der Waals surface area contributed by atoms with Crippen LogP contribution in [0.1, 0.15) is 12.5 Å². The molecule has 2 rings (SSSR count). The number of hydrogen-bond donors (Lipinski definition) is 1. The third-order valence-electron chi connectivity index (χ3n) is 3.82. The predicted molar refractivity (Wildman–Crippen MR) is 107 cm³/mol. The molecule has 146 valence electrons. The molecule has 1 N–H and O–H groups in total. The van der Waals surface area contributed by atoms with Crippen LogP contribution >= 0.6 is 23.2 Å². The van der Waals surface area contributed by atoms with Gasteiger partial charge in [-0.1, -0.05) is 30.1 Å². The number of benzene rings is 2. The molecule has 1 amide bonds. The van der Waals surface area contributed by atoms with E-state index in [1.54, 1.807) is 19.9 Å². The summed E-state index contributed by atoms with van der Waals surface area (Å²) in [5.74, 6) is 0.0940. The highest BCUT2D eigenvalue weighted by Gasteiger charge is 2.26. The van der Waals surface area contributed by atoms with Gasteiger partial charge in [-0.25, -0.2) is 8.42 Å². The lowest BCUT2D eigenvalue weighted by Crippen LogP contribution is -2.37. The van der Waals surface area contributed by atoms with E-state index in [0.29, 0.717) is 27.0 Å². The van der Waals surface area contributed by atoms with E-state index < -0.39 is 15.9 Å². The van der Waals surface area contributed by atoms with Gasteiger partial charge in [0.25, 0.3) is 0 Å². The first-order valence-corrected chi connectivity index (χ1v) is 10.3. The molecule has 0 fully saturated rings. The van der Waals surface area contributed by atoms with Gasteiger partial charge >= 0.3 is 0 Å². The predicted octanol–water partition coefficient (Wildman–Crippen LogP) is 3.96. The molecule has 0 bridgehead atoms. The highest BCUT2D eigenvalue weighted by atomic mass is 35.5. The van der Waals surface area contributed by atoms with E-state index in [1.165, 1.54) is 37.4 Å². The van der Waals surface area contributed by atoms with Crippen molar-refractivity contribution in [3.8, 4) is 5.75 Å². The van der Waals surface area contributed by atoms with Crippen molar-refractivity contribution < 1.29 is 17.9 Å². The molecule has 0 heterocycles. The number of amides is 1. The minimum Gasteiger partial charge on any atom is -0.496 e. The zero-order chi connectivity index (χ0) is 20.2. The fourth-order valence-electron chi connectivity index (χ4n) is 2.51. The van der Waals surface area contributed by atoms with Gasteiger partial charge in [0.05, 0.1) is 18.6 Å². The van der Waals surface area contributed by atoms with Crippen molar-refractivity contribution in [3.63, 3.8) is 0 Å². The van der Waals surface area contributed by atoms with E-state index in [0.717, 1.165) is 4.31 Å². The molecule has 0 saturated heterocycles. The summed E-state index contributed by atoms with van der Waals surface area (Å²) < 4.78 is 32.0. The maximum atomic E-state index is 12.9. The van der Waals surface area contributed by atoms with Crippen LogP contribution in [0.3, 0.4) is 0 Å². The van der Waals surface area contributed by atoms with Crippen LogP contribution in [-0.2, 0) is 14.8 Å². The average molecular weight is 431 g/mol. The van der Waals surface area contributed by atoms with Crippen LogP contribution < -0.4 is 10.1 Å². The van der Waals surface area contributed by atoms with Crippen molar-refractivity contribution in [1.29, 1.82) is 0 Å². The maximum absolute atomic E-state index is 12.9. The second-order valence-electron chi connectivity index (χ2n) is 5.77. The number of rotatable bonds is 7. The Labute approximate surface area is 169 Å². The van der Waals surface area contributed by atoms with Crippen molar-refractivity contribution in [2.75, 3.05) is 25.5 Å². The van der Waals surface area contributed by atoms with Gasteiger partial charge in [-0.05, 0) is 48.9 Å². The van der Waals surface area contributed by atoms with E-state index >= 15 is 0 Å². The highest BCUT2D eigenvalue weighted by Crippen LogP contribution is 2.25. The molecule has 0 aliphatic carbocycles. The van der Waals surface area contributed by atoms with Crippen molar-refractivity contribution in [1.82, 2.24) is 4.31 Å². The summed E-state index contributed by atoms with van der Waals surface area (Å²) in [5, 5.41) is 3.34. The van der Waals surface area contributed by atoms with Gasteiger partial charge in [-0.3, -0.25) is 4.79 Å². The van der Waals surface area contributed by atoms with E-state index in [2.05, 4.69) is 5.32 Å². The highest BCUT2D eigenvalue weighted by molar-refractivity contribution is 7.89. The number of sulfonamides is 1. The number of ether oxygens (including phenoxy) is 1. The molecular weight excluding hydrogens is 411 g/mol. The average Bonchev–Trinajstić information content (AvgIpc) is 2.58. The zero-order valence-corrected chi connectivity index (χ0v) is 17.5. The van der Waals surface area contributed by atoms with Crippen LogP contribution in [0.5, 0.6) is 5.75 Å². The van der Waals surface area contributed by atoms with Crippen LogP contribution in [0.2, 0.25) is 10.0 Å². The third kappa shape index (κ3) is 5.35. The topological polar surface area (TPSA) is 75.7 Å². The summed E-state index contributed by atoms with van der Waals surface area (Å²) in [6.07, 6.45) is 0. The first-order chi connectivity index (χ1) is 12.7. The lowest BCUT2D eigenvalue weighted by atomic mass is 10.2. The Balaban J connectivity index is 2.19. The molecule has 0 spiro atoms. The Morgan fingerprint density at radius 2 is 1.78 bits per heavy atom. The monoisotopic (exact) mass is 430 g/mol. The van der Waals surface area contributed by atoms with E-state index in [9.17, 15) is 13.2 Å². The molecule has 0 aliphatic rings. The quantitative estimate of drug-likeness (QED) is 0.720. The first kappa shape index (κ1) is 21.5. The minimum atomic E-state index is -3.84. The Bertz CT molecular complexity index is 928. The molecule has 0 unspecified atom stereocenters. The van der Waals surface area contributed by atoms with E-state index in [4.69, 9.17) is 27.9 Å². The van der Waals surface area contributed by atoms with Gasteiger partial charge < -0.3 is 10.1 Å². The zero-order valence-electron chi connectivity index (χ0n) is 15.1. The van der Waals surface area contributed by atoms with Gasteiger partial charge in [0, 0.05) is 22.3 Å². The van der Waals surface area contributed by atoms with E-state index in [1.807, 2.05) is 0 Å². The smallest absolute Gasteiger partial charge is 0.243 e. The van der Waals surface area contributed by atoms with Crippen molar-refractivity contribution >= 4 is 44.8 Å². The summed E-state index contributed by atoms with van der Waals surface area (Å²) in [5.41, 5.74) is 1.08. The summed E-state index contributed by atoms with van der Waals surface area (Å²) in [6.45, 7) is 3.21. The molecule has 0 aromatic heterocycles. The fourth-order valence-corrected chi connectivity index (χ4v) is 4.53. The Morgan fingerprint density at radius 1 is 1.15 bits per heavy atom. The van der Waals surface area contributed by atoms with E-state index in [-0.39, 0.29) is 18.0 Å². The summed E-state index contributed by atoms with van der Waals surface area (Å²) in [7, 11) is -2.32. The largest absolute Gasteiger partial charge is 0.496 e. The number of halogens is 2. The number of hydrogen-bond acceptors (Lipinski definition) is 4. The summed E-state index contributed by atoms with van der Waals surface area (Å²) in [4.78, 5) is 12.4. The van der Waals surface area contributed by atoms with Crippen LogP contribution in [-0.4, -0.2) is 38.8 Å². The molecule has 2 aromatic rings. The number of nitrogens with one attached hydrogen (secondary N) is 1. The van der Waals surface area contributed by atoms with Crippen molar-refractivity contribution in [3.05, 3.63) is 52.0 Å². The molecule has 0 aliphatic heterocycles. The lowest BCUT2D eigenvalue weighted by molar-refractivity contribution is -0.116. The fraction of sp³-hybridized carbons (Fsp3) is 0.278. The Hall–Kier alpha value is -1.80. The van der Waals surface area contributed by atoms with Crippen molar-refractivity contribution in [2.24, 2.45) is 0 Å². The Morgan fingerprint density at radius 3 is 2.30 bits per heavy atom. The van der Waals surface area contributed by atoms with Crippen LogP contribution in [0.25, 0.3) is 0 Å². The molecule has 0 atom stereocenters. The standard InChI is InChI=1S/C18H20Cl2N2O4S/c1-4-22(11-18(23)21-15-9-13(19)8-14(20)10-15)27(24,25)16-5-6-17(26-3)12(2)7-16/h5-10H,4,11H2,1-3H3,(H,21,23). The van der Waals surface area contributed by atoms with Crippen LogP contribution in [0.4, 0.5) is 5.69 Å². The Kier molecular flexibility index (Phi) is 7.11. The molecule has 0 radical (unpaired) electrons. The van der Waals surface area contributed by atoms with Crippen LogP contribution in [0, 0.1) is 6.92 Å². The molecule has 27 heavy (non-hydrogen) atoms. The summed E-state index contributed by atoms with van der Waals surface area (Å²) >= 11 is 11.8. The van der Waals surface area contributed by atoms with Gasteiger partial charge in [-0.15, -0.1) is 0 Å². The minimum absolute atomic E-state index is 0.0984. The number of aryl methyl sites for hydroxylation is 1. The second-order valence-corrected chi connectivity index (χ2v) is 8.58. The van der Waals surface area contributed by atoms with Gasteiger partial charge in [0.15, 0.2) is 0 Å². The molecule has 2 aromatic carbocycles. The van der Waals surface area contributed by atoms with Crippen molar-refractivity contribution in [2.45, 2.75) is 18.7 Å². The molecule has 6 nitrogen and oxygen atoms in total. The van der Waals surface area contributed by atoms with Gasteiger partial charge in [-0.2, -0.15) is 4.31 Å².